The lowest BCUT2D eigenvalue weighted by atomic mass is 9.93. The van der Waals surface area contributed by atoms with Gasteiger partial charge in [0.2, 0.25) is 0 Å². The molecular weight excluding hydrogens is 437 g/mol. The number of ether oxygens (including phenoxy) is 1. The fourth-order valence-electron chi connectivity index (χ4n) is 4.59. The van der Waals surface area contributed by atoms with Crippen LogP contribution in [0, 0.1) is 5.82 Å². The first-order valence-electron chi connectivity index (χ1n) is 11.6. The van der Waals surface area contributed by atoms with Gasteiger partial charge in [-0.05, 0) is 76.7 Å². The number of hydrogen-bond acceptors (Lipinski definition) is 7. The number of nitrogens with zero attached hydrogens (tertiary/aromatic N) is 4. The summed E-state index contributed by atoms with van der Waals surface area (Å²) in [6.45, 7) is 7.72. The summed E-state index contributed by atoms with van der Waals surface area (Å²) in [6, 6.07) is 8.00. The summed E-state index contributed by atoms with van der Waals surface area (Å²) < 4.78 is 20.4. The van der Waals surface area contributed by atoms with Crippen LogP contribution in [-0.2, 0) is 0 Å². The molecule has 1 saturated heterocycles. The molecule has 1 fully saturated rings. The molecule has 6 nitrogen and oxygen atoms in total. The van der Waals surface area contributed by atoms with Crippen molar-refractivity contribution in [2.24, 2.45) is 0 Å². The Hall–Kier alpha value is -2.71. The molecule has 8 heteroatoms. The molecule has 2 aromatic heterocycles. The van der Waals surface area contributed by atoms with Crippen LogP contribution in [0.5, 0.6) is 5.75 Å². The van der Waals surface area contributed by atoms with Crippen molar-refractivity contribution in [3.63, 3.8) is 0 Å². The molecule has 0 spiro atoms. The number of aromatic nitrogens is 2. The Kier molecular flexibility index (Phi) is 6.21. The number of fused-ring (bicyclic) bond motifs is 1. The number of rotatable bonds is 5. The van der Waals surface area contributed by atoms with Crippen LogP contribution in [0.4, 0.5) is 20.9 Å². The third-order valence-electron chi connectivity index (χ3n) is 6.50. The van der Waals surface area contributed by atoms with Crippen LogP contribution in [0.25, 0.3) is 10.4 Å². The van der Waals surface area contributed by atoms with Gasteiger partial charge in [0.25, 0.3) is 0 Å². The van der Waals surface area contributed by atoms with E-state index in [0.717, 1.165) is 65.1 Å². The monoisotopic (exact) mass is 467 g/mol. The summed E-state index contributed by atoms with van der Waals surface area (Å²) in [6.07, 6.45) is 5.98. The maximum absolute atomic E-state index is 14.8. The SMILES string of the molecule is CC(C)N1CCOc2c(F)cc(-c3cnc(Nc4ccc(C5CCN(C)CC5)nc4)s3)cc21. The molecule has 0 saturated carbocycles. The van der Waals surface area contributed by atoms with Gasteiger partial charge in [-0.3, -0.25) is 4.98 Å². The van der Waals surface area contributed by atoms with E-state index < -0.39 is 0 Å². The van der Waals surface area contributed by atoms with Crippen molar-refractivity contribution >= 4 is 27.8 Å². The zero-order chi connectivity index (χ0) is 22.9. The number of hydrogen-bond donors (Lipinski definition) is 1. The molecular formula is C25H30FN5OS. The number of thiazole rings is 1. The summed E-state index contributed by atoms with van der Waals surface area (Å²) >= 11 is 1.50. The van der Waals surface area contributed by atoms with Crippen molar-refractivity contribution < 1.29 is 9.13 Å². The minimum Gasteiger partial charge on any atom is -0.486 e. The molecule has 0 bridgehead atoms. The van der Waals surface area contributed by atoms with Crippen molar-refractivity contribution in [2.45, 2.75) is 38.6 Å². The number of benzene rings is 1. The molecule has 0 amide bonds. The Balaban J connectivity index is 1.32. The van der Waals surface area contributed by atoms with E-state index in [-0.39, 0.29) is 11.9 Å². The van der Waals surface area contributed by atoms with Crippen LogP contribution < -0.4 is 15.0 Å². The lowest BCUT2D eigenvalue weighted by molar-refractivity contribution is 0.253. The minimum absolute atomic E-state index is 0.269. The number of halogens is 1. The maximum atomic E-state index is 14.8. The highest BCUT2D eigenvalue weighted by molar-refractivity contribution is 7.18. The highest BCUT2D eigenvalue weighted by Crippen LogP contribution is 2.41. The Morgan fingerprint density at radius 2 is 1.94 bits per heavy atom. The van der Waals surface area contributed by atoms with Crippen LogP contribution in [0.15, 0.2) is 36.7 Å². The van der Waals surface area contributed by atoms with Gasteiger partial charge in [0, 0.05) is 23.9 Å². The third-order valence-corrected chi connectivity index (χ3v) is 7.46. The first kappa shape index (κ1) is 22.1. The highest BCUT2D eigenvalue weighted by atomic mass is 32.1. The van der Waals surface area contributed by atoms with E-state index in [1.54, 1.807) is 6.20 Å². The third kappa shape index (κ3) is 4.68. The van der Waals surface area contributed by atoms with E-state index in [1.165, 1.54) is 17.4 Å². The van der Waals surface area contributed by atoms with Gasteiger partial charge in [0.1, 0.15) is 6.61 Å². The smallest absolute Gasteiger partial charge is 0.187 e. The molecule has 174 valence electrons. The second-order valence-corrected chi connectivity index (χ2v) is 10.2. The lowest BCUT2D eigenvalue weighted by Crippen LogP contribution is -2.38. The Morgan fingerprint density at radius 3 is 2.67 bits per heavy atom. The summed E-state index contributed by atoms with van der Waals surface area (Å²) in [5.74, 6) is 0.553. The lowest BCUT2D eigenvalue weighted by Gasteiger charge is -2.34. The fourth-order valence-corrected chi connectivity index (χ4v) is 5.42. The Labute approximate surface area is 198 Å². The molecule has 0 unspecified atom stereocenters. The fraction of sp³-hybridized carbons (Fsp3) is 0.440. The zero-order valence-electron chi connectivity index (χ0n) is 19.3. The summed E-state index contributed by atoms with van der Waals surface area (Å²) in [7, 11) is 2.17. The average Bonchev–Trinajstić information content (AvgIpc) is 3.28. The van der Waals surface area contributed by atoms with E-state index >= 15 is 0 Å². The molecule has 4 heterocycles. The Morgan fingerprint density at radius 1 is 1.12 bits per heavy atom. The molecule has 0 atom stereocenters. The molecule has 0 aliphatic carbocycles. The van der Waals surface area contributed by atoms with Gasteiger partial charge >= 0.3 is 0 Å². The largest absolute Gasteiger partial charge is 0.486 e. The molecule has 2 aliphatic rings. The van der Waals surface area contributed by atoms with Crippen LogP contribution in [0.3, 0.4) is 0 Å². The quantitative estimate of drug-likeness (QED) is 0.534. The van der Waals surface area contributed by atoms with E-state index in [9.17, 15) is 4.39 Å². The van der Waals surface area contributed by atoms with E-state index in [1.807, 2.05) is 12.3 Å². The van der Waals surface area contributed by atoms with Crippen molar-refractivity contribution in [2.75, 3.05) is 43.5 Å². The van der Waals surface area contributed by atoms with E-state index in [2.05, 4.69) is 53.1 Å². The van der Waals surface area contributed by atoms with E-state index in [0.29, 0.717) is 18.3 Å². The normalized spacial score (nSPS) is 17.2. The van der Waals surface area contributed by atoms with Crippen molar-refractivity contribution in [1.29, 1.82) is 0 Å². The number of nitrogens with one attached hydrogen (secondary N) is 1. The number of piperidine rings is 1. The Bertz CT molecular complexity index is 1110. The van der Waals surface area contributed by atoms with Crippen LogP contribution in [0.2, 0.25) is 0 Å². The van der Waals surface area contributed by atoms with Gasteiger partial charge in [0.15, 0.2) is 16.7 Å². The van der Waals surface area contributed by atoms with E-state index in [4.69, 9.17) is 9.72 Å². The summed E-state index contributed by atoms with van der Waals surface area (Å²) in [5, 5.41) is 4.10. The maximum Gasteiger partial charge on any atom is 0.187 e. The second-order valence-electron chi connectivity index (χ2n) is 9.15. The van der Waals surface area contributed by atoms with Gasteiger partial charge in [-0.25, -0.2) is 9.37 Å². The minimum atomic E-state index is -0.329. The summed E-state index contributed by atoms with van der Waals surface area (Å²) in [5.41, 5.74) is 3.69. The molecule has 2 aliphatic heterocycles. The topological polar surface area (TPSA) is 53.5 Å². The summed E-state index contributed by atoms with van der Waals surface area (Å²) in [4.78, 5) is 14.7. The van der Waals surface area contributed by atoms with Crippen LogP contribution in [0.1, 0.15) is 38.3 Å². The molecule has 33 heavy (non-hydrogen) atoms. The average molecular weight is 468 g/mol. The standard InChI is InChI=1S/C25H30FN5OS/c1-16(2)31-10-11-32-24-20(26)12-18(13-22(24)31)23-15-28-25(33-23)29-19-4-5-21(27-14-19)17-6-8-30(3)9-7-17/h4-5,12-17H,6-11H2,1-3H3,(H,28,29). The predicted molar refractivity (Wildman–Crippen MR) is 132 cm³/mol. The second kappa shape index (κ2) is 9.27. The van der Waals surface area contributed by atoms with Crippen molar-refractivity contribution in [3.05, 3.63) is 48.2 Å². The molecule has 5 rings (SSSR count). The number of pyridine rings is 1. The number of likely N-dealkylation sites (tertiary alicyclic amines) is 1. The van der Waals surface area contributed by atoms with Crippen molar-refractivity contribution in [1.82, 2.24) is 14.9 Å². The van der Waals surface area contributed by atoms with Crippen molar-refractivity contribution in [3.8, 4) is 16.2 Å². The zero-order valence-corrected chi connectivity index (χ0v) is 20.2. The first-order chi connectivity index (χ1) is 16.0. The highest BCUT2D eigenvalue weighted by Gasteiger charge is 2.25. The van der Waals surface area contributed by atoms with Crippen LogP contribution in [-0.4, -0.2) is 54.2 Å². The van der Waals surface area contributed by atoms with Gasteiger partial charge in [-0.15, -0.1) is 0 Å². The van der Waals surface area contributed by atoms with Gasteiger partial charge in [-0.2, -0.15) is 0 Å². The molecule has 3 aromatic rings. The first-order valence-corrected chi connectivity index (χ1v) is 12.4. The molecule has 1 N–H and O–H groups in total. The van der Waals surface area contributed by atoms with Gasteiger partial charge in [-0.1, -0.05) is 11.3 Å². The van der Waals surface area contributed by atoms with Gasteiger partial charge in [0.05, 0.1) is 29.0 Å². The predicted octanol–water partition coefficient (Wildman–Crippen LogP) is 5.50. The molecule has 0 radical (unpaired) electrons. The van der Waals surface area contributed by atoms with Gasteiger partial charge < -0.3 is 19.9 Å². The van der Waals surface area contributed by atoms with Crippen LogP contribution >= 0.6 is 11.3 Å². The molecule has 1 aromatic carbocycles. The number of anilines is 3.